The third kappa shape index (κ3) is 6.43. The van der Waals surface area contributed by atoms with Crippen molar-refractivity contribution in [2.24, 2.45) is 0 Å². The van der Waals surface area contributed by atoms with Gasteiger partial charge in [-0.05, 0) is 26.7 Å². The monoisotopic (exact) mass is 228 g/mol. The molecule has 4 nitrogen and oxygen atoms in total. The fourth-order valence-corrected chi connectivity index (χ4v) is 1.19. The summed E-state index contributed by atoms with van der Waals surface area (Å²) in [6, 6.07) is -0.291. The first kappa shape index (κ1) is 14.9. The first-order valence-electron chi connectivity index (χ1n) is 6.10. The van der Waals surface area contributed by atoms with E-state index in [1.165, 1.54) is 0 Å². The molecule has 2 unspecified atom stereocenters. The summed E-state index contributed by atoms with van der Waals surface area (Å²) in [7, 11) is 0. The number of rotatable bonds is 7. The quantitative estimate of drug-likeness (QED) is 0.695. The average molecular weight is 228 g/mol. The minimum absolute atomic E-state index is 0.0475. The molecule has 2 amide bonds. The van der Waals surface area contributed by atoms with Crippen LogP contribution in [0.1, 0.15) is 53.4 Å². The Balaban J connectivity index is 3.90. The fourth-order valence-electron chi connectivity index (χ4n) is 1.19. The molecule has 0 fully saturated rings. The molecule has 2 N–H and O–H groups in total. The van der Waals surface area contributed by atoms with Gasteiger partial charge in [-0.15, -0.1) is 0 Å². The molecule has 0 radical (unpaired) electrons. The molecule has 0 saturated carbocycles. The van der Waals surface area contributed by atoms with Gasteiger partial charge in [-0.25, -0.2) is 0 Å². The van der Waals surface area contributed by atoms with Crippen LogP contribution in [0.15, 0.2) is 0 Å². The molecule has 0 aliphatic rings. The molecule has 0 aromatic rings. The largest absolute Gasteiger partial charge is 0.352 e. The molecule has 2 atom stereocenters. The molecule has 0 rings (SSSR count). The highest BCUT2D eigenvalue weighted by molar-refractivity contribution is 5.87. The van der Waals surface area contributed by atoms with Crippen molar-refractivity contribution < 1.29 is 9.59 Å². The third-order valence-electron chi connectivity index (χ3n) is 2.53. The number of unbranched alkanes of at least 4 members (excludes halogenated alkanes) is 1. The van der Waals surface area contributed by atoms with Gasteiger partial charge in [0.1, 0.15) is 6.04 Å². The zero-order valence-electron chi connectivity index (χ0n) is 10.8. The maximum absolute atomic E-state index is 11.6. The van der Waals surface area contributed by atoms with E-state index in [9.17, 15) is 9.59 Å². The highest BCUT2D eigenvalue weighted by atomic mass is 16.2. The van der Waals surface area contributed by atoms with Crippen LogP contribution in [0.3, 0.4) is 0 Å². The summed E-state index contributed by atoms with van der Waals surface area (Å²) in [6.45, 7) is 7.70. The molecule has 0 aromatic carbocycles. The number of carbonyl (C=O) groups is 2. The first-order valence-corrected chi connectivity index (χ1v) is 6.10. The van der Waals surface area contributed by atoms with Gasteiger partial charge in [0.15, 0.2) is 0 Å². The van der Waals surface area contributed by atoms with Gasteiger partial charge in [0.05, 0.1) is 0 Å². The molecule has 0 spiro atoms. The first-order chi connectivity index (χ1) is 7.51. The van der Waals surface area contributed by atoms with E-state index in [2.05, 4.69) is 10.6 Å². The smallest absolute Gasteiger partial charge is 0.242 e. The average Bonchev–Trinajstić information content (AvgIpc) is 2.25. The molecule has 0 heterocycles. The van der Waals surface area contributed by atoms with Crippen LogP contribution in [0.5, 0.6) is 0 Å². The fraction of sp³-hybridized carbons (Fsp3) is 0.833. The van der Waals surface area contributed by atoms with Crippen molar-refractivity contribution in [1.82, 2.24) is 10.6 Å². The van der Waals surface area contributed by atoms with E-state index in [-0.39, 0.29) is 17.9 Å². The lowest BCUT2D eigenvalue weighted by Gasteiger charge is -2.17. The van der Waals surface area contributed by atoms with Crippen LogP contribution in [0, 0.1) is 0 Å². The van der Waals surface area contributed by atoms with Crippen molar-refractivity contribution in [3.05, 3.63) is 0 Å². The molecule has 16 heavy (non-hydrogen) atoms. The molecule has 94 valence electrons. The van der Waals surface area contributed by atoms with Crippen molar-refractivity contribution in [3.8, 4) is 0 Å². The van der Waals surface area contributed by atoms with Gasteiger partial charge in [0.2, 0.25) is 11.8 Å². The van der Waals surface area contributed by atoms with Crippen LogP contribution in [0.2, 0.25) is 0 Å². The summed E-state index contributed by atoms with van der Waals surface area (Å²) in [5.41, 5.74) is 0. The van der Waals surface area contributed by atoms with Crippen LogP contribution in [0.25, 0.3) is 0 Å². The zero-order chi connectivity index (χ0) is 12.6. The van der Waals surface area contributed by atoms with Gasteiger partial charge < -0.3 is 10.6 Å². The van der Waals surface area contributed by atoms with Crippen LogP contribution in [-0.2, 0) is 9.59 Å². The molecule has 0 aliphatic heterocycles. The normalized spacial score (nSPS) is 14.0. The Morgan fingerprint density at radius 2 is 1.75 bits per heavy atom. The molecular formula is C12H24N2O2. The minimum Gasteiger partial charge on any atom is -0.352 e. The van der Waals surface area contributed by atoms with Crippen molar-refractivity contribution in [2.75, 3.05) is 0 Å². The van der Waals surface area contributed by atoms with Crippen molar-refractivity contribution in [3.63, 3.8) is 0 Å². The lowest BCUT2D eigenvalue weighted by Crippen LogP contribution is -2.47. The van der Waals surface area contributed by atoms with E-state index in [0.29, 0.717) is 6.42 Å². The molecule has 0 aromatic heterocycles. The number of hydrogen-bond acceptors (Lipinski definition) is 2. The van der Waals surface area contributed by atoms with E-state index in [1.807, 2.05) is 20.8 Å². The Kier molecular flexibility index (Phi) is 7.60. The van der Waals surface area contributed by atoms with Crippen LogP contribution >= 0.6 is 0 Å². The maximum Gasteiger partial charge on any atom is 0.242 e. The van der Waals surface area contributed by atoms with E-state index in [0.717, 1.165) is 19.3 Å². The second-order valence-corrected chi connectivity index (χ2v) is 4.21. The SMILES string of the molecule is CCCCC(=O)NC(C)C(=O)NC(C)CC. The summed E-state index contributed by atoms with van der Waals surface area (Å²) in [6.07, 6.45) is 3.24. The molecule has 0 saturated heterocycles. The Morgan fingerprint density at radius 1 is 1.12 bits per heavy atom. The summed E-state index contributed by atoms with van der Waals surface area (Å²) < 4.78 is 0. The summed E-state index contributed by atoms with van der Waals surface area (Å²) in [5, 5.41) is 5.53. The highest BCUT2D eigenvalue weighted by Gasteiger charge is 2.16. The van der Waals surface area contributed by atoms with Gasteiger partial charge in [0, 0.05) is 12.5 Å². The zero-order valence-corrected chi connectivity index (χ0v) is 10.8. The number of carbonyl (C=O) groups excluding carboxylic acids is 2. The van der Waals surface area contributed by atoms with Gasteiger partial charge in [-0.2, -0.15) is 0 Å². The van der Waals surface area contributed by atoms with Crippen molar-refractivity contribution in [1.29, 1.82) is 0 Å². The minimum atomic E-state index is -0.446. The number of amides is 2. The van der Waals surface area contributed by atoms with Crippen molar-refractivity contribution >= 4 is 11.8 Å². The number of nitrogens with one attached hydrogen (secondary N) is 2. The van der Waals surface area contributed by atoms with E-state index < -0.39 is 6.04 Å². The standard InChI is InChI=1S/C12H24N2O2/c1-5-7-8-11(15)14-10(4)12(16)13-9(3)6-2/h9-10H,5-8H2,1-4H3,(H,13,16)(H,14,15). The molecule has 0 bridgehead atoms. The maximum atomic E-state index is 11.6. The Labute approximate surface area is 98.2 Å². The summed E-state index contributed by atoms with van der Waals surface area (Å²) in [5.74, 6) is -0.159. The lowest BCUT2D eigenvalue weighted by molar-refractivity contribution is -0.129. The summed E-state index contributed by atoms with van der Waals surface area (Å²) in [4.78, 5) is 23.0. The second kappa shape index (κ2) is 8.13. The Morgan fingerprint density at radius 3 is 2.25 bits per heavy atom. The van der Waals surface area contributed by atoms with E-state index in [4.69, 9.17) is 0 Å². The Bertz CT molecular complexity index is 229. The summed E-state index contributed by atoms with van der Waals surface area (Å²) >= 11 is 0. The molecule has 4 heteroatoms. The van der Waals surface area contributed by atoms with Crippen molar-refractivity contribution in [2.45, 2.75) is 65.5 Å². The van der Waals surface area contributed by atoms with E-state index in [1.54, 1.807) is 6.92 Å². The molecule has 0 aliphatic carbocycles. The van der Waals surface area contributed by atoms with Crippen LogP contribution in [0.4, 0.5) is 0 Å². The topological polar surface area (TPSA) is 58.2 Å². The predicted molar refractivity (Wildman–Crippen MR) is 65.0 cm³/mol. The van der Waals surface area contributed by atoms with E-state index >= 15 is 0 Å². The lowest BCUT2D eigenvalue weighted by atomic mass is 10.2. The van der Waals surface area contributed by atoms with Gasteiger partial charge >= 0.3 is 0 Å². The van der Waals surface area contributed by atoms with Crippen LogP contribution in [-0.4, -0.2) is 23.9 Å². The highest BCUT2D eigenvalue weighted by Crippen LogP contribution is 1.95. The van der Waals surface area contributed by atoms with Gasteiger partial charge in [-0.1, -0.05) is 20.3 Å². The van der Waals surface area contributed by atoms with Gasteiger partial charge in [0.25, 0.3) is 0 Å². The third-order valence-corrected chi connectivity index (χ3v) is 2.53. The number of hydrogen-bond donors (Lipinski definition) is 2. The predicted octanol–water partition coefficient (Wildman–Crippen LogP) is 1.60. The molecular weight excluding hydrogens is 204 g/mol. The second-order valence-electron chi connectivity index (χ2n) is 4.21. The Hall–Kier alpha value is -1.06. The van der Waals surface area contributed by atoms with Gasteiger partial charge in [-0.3, -0.25) is 9.59 Å². The van der Waals surface area contributed by atoms with Crippen LogP contribution < -0.4 is 10.6 Å².